The van der Waals surface area contributed by atoms with E-state index in [9.17, 15) is 4.79 Å². The topological polar surface area (TPSA) is 44.8 Å². The van der Waals surface area contributed by atoms with Crippen LogP contribution < -0.4 is 15.0 Å². The van der Waals surface area contributed by atoms with E-state index >= 15 is 0 Å². The van der Waals surface area contributed by atoms with Crippen LogP contribution in [0.1, 0.15) is 5.56 Å². The molecule has 0 aliphatic carbocycles. The van der Waals surface area contributed by atoms with E-state index < -0.39 is 0 Å². The molecule has 0 aromatic heterocycles. The van der Waals surface area contributed by atoms with Gasteiger partial charge in [-0.1, -0.05) is 29.8 Å². The highest BCUT2D eigenvalue weighted by Gasteiger charge is 2.23. The Balaban J connectivity index is 1.62. The van der Waals surface area contributed by atoms with Crippen molar-refractivity contribution in [3.63, 3.8) is 0 Å². The third-order valence-corrected chi connectivity index (χ3v) is 4.67. The van der Waals surface area contributed by atoms with Crippen LogP contribution in [0.2, 0.25) is 5.02 Å². The summed E-state index contributed by atoms with van der Waals surface area (Å²) < 4.78 is 5.43. The normalized spacial score (nSPS) is 14.4. The molecule has 1 aliphatic rings. The fourth-order valence-corrected chi connectivity index (χ4v) is 3.14. The molecule has 5 nitrogen and oxygen atoms in total. The molecular weight excluding hydrogens is 338 g/mol. The van der Waals surface area contributed by atoms with Crippen LogP contribution in [-0.4, -0.2) is 44.2 Å². The lowest BCUT2D eigenvalue weighted by molar-refractivity contribution is 0.208. The molecule has 0 radical (unpaired) electrons. The summed E-state index contributed by atoms with van der Waals surface area (Å²) in [5.74, 6) is 0.856. The van der Waals surface area contributed by atoms with Crippen LogP contribution >= 0.6 is 11.6 Å². The van der Waals surface area contributed by atoms with Gasteiger partial charge >= 0.3 is 6.03 Å². The Morgan fingerprint density at radius 1 is 1.12 bits per heavy atom. The number of aryl methyl sites for hydroxylation is 1. The van der Waals surface area contributed by atoms with Gasteiger partial charge < -0.3 is 19.9 Å². The molecule has 1 aliphatic heterocycles. The zero-order valence-electron chi connectivity index (χ0n) is 14.5. The van der Waals surface area contributed by atoms with Crippen LogP contribution in [0, 0.1) is 6.92 Å². The Kier molecular flexibility index (Phi) is 5.34. The van der Waals surface area contributed by atoms with Crippen molar-refractivity contribution in [1.29, 1.82) is 0 Å². The van der Waals surface area contributed by atoms with Crippen LogP contribution in [-0.2, 0) is 0 Å². The van der Waals surface area contributed by atoms with Gasteiger partial charge in [-0.2, -0.15) is 0 Å². The van der Waals surface area contributed by atoms with Crippen LogP contribution in [0.3, 0.4) is 0 Å². The lowest BCUT2D eigenvalue weighted by atomic mass is 10.2. The molecule has 2 amide bonds. The number of halogens is 1. The van der Waals surface area contributed by atoms with Gasteiger partial charge in [0.25, 0.3) is 0 Å². The lowest BCUT2D eigenvalue weighted by Gasteiger charge is -2.36. The molecule has 25 heavy (non-hydrogen) atoms. The number of piperazine rings is 1. The van der Waals surface area contributed by atoms with E-state index in [4.69, 9.17) is 16.3 Å². The molecular formula is C19H22ClN3O2. The Morgan fingerprint density at radius 2 is 1.84 bits per heavy atom. The van der Waals surface area contributed by atoms with Gasteiger partial charge in [0.1, 0.15) is 5.75 Å². The number of nitrogens with zero attached hydrogens (tertiary/aromatic N) is 2. The van der Waals surface area contributed by atoms with Gasteiger partial charge in [-0.15, -0.1) is 0 Å². The quantitative estimate of drug-likeness (QED) is 0.900. The maximum absolute atomic E-state index is 12.5. The van der Waals surface area contributed by atoms with E-state index in [-0.39, 0.29) is 6.03 Å². The Hall–Kier alpha value is -2.40. The maximum atomic E-state index is 12.5. The van der Waals surface area contributed by atoms with E-state index in [0.717, 1.165) is 35.8 Å². The van der Waals surface area contributed by atoms with Gasteiger partial charge in [0, 0.05) is 36.9 Å². The Morgan fingerprint density at radius 3 is 2.56 bits per heavy atom. The summed E-state index contributed by atoms with van der Waals surface area (Å²) in [7, 11) is 1.68. The van der Waals surface area contributed by atoms with Crippen molar-refractivity contribution in [2.75, 3.05) is 43.5 Å². The first kappa shape index (κ1) is 17.4. The Bertz CT molecular complexity index is 758. The number of hydrogen-bond donors (Lipinski definition) is 1. The number of anilines is 2. The summed E-state index contributed by atoms with van der Waals surface area (Å²) in [6.07, 6.45) is 0. The number of amides is 2. The fourth-order valence-electron chi connectivity index (χ4n) is 2.96. The molecule has 1 saturated heterocycles. The van der Waals surface area contributed by atoms with Gasteiger partial charge in [-0.25, -0.2) is 4.79 Å². The second-order valence-corrected chi connectivity index (χ2v) is 6.47. The molecule has 1 fully saturated rings. The number of ether oxygens (including phenoxy) is 1. The van der Waals surface area contributed by atoms with Gasteiger partial charge in [-0.05, 0) is 36.8 Å². The number of hydrogen-bond acceptors (Lipinski definition) is 3. The maximum Gasteiger partial charge on any atom is 0.321 e. The van der Waals surface area contributed by atoms with Crippen molar-refractivity contribution in [2.45, 2.75) is 6.92 Å². The molecule has 6 heteroatoms. The number of benzene rings is 2. The van der Waals surface area contributed by atoms with Crippen molar-refractivity contribution >= 4 is 29.0 Å². The molecule has 132 valence electrons. The van der Waals surface area contributed by atoms with Crippen molar-refractivity contribution in [2.24, 2.45) is 0 Å². The zero-order valence-corrected chi connectivity index (χ0v) is 15.2. The second-order valence-electron chi connectivity index (χ2n) is 6.04. The lowest BCUT2D eigenvalue weighted by Crippen LogP contribution is -2.50. The zero-order chi connectivity index (χ0) is 17.8. The molecule has 0 unspecified atom stereocenters. The number of carbonyl (C=O) groups is 1. The molecule has 2 aromatic carbocycles. The summed E-state index contributed by atoms with van der Waals surface area (Å²) in [6.45, 7) is 4.79. The van der Waals surface area contributed by atoms with E-state index in [1.54, 1.807) is 13.2 Å². The predicted octanol–water partition coefficient (Wildman–Crippen LogP) is 4.01. The number of rotatable bonds is 3. The van der Waals surface area contributed by atoms with Gasteiger partial charge in [0.05, 0.1) is 12.8 Å². The van der Waals surface area contributed by atoms with E-state index in [1.807, 2.05) is 48.2 Å². The highest BCUT2D eigenvalue weighted by molar-refractivity contribution is 6.31. The third-order valence-electron chi connectivity index (χ3n) is 4.43. The second kappa shape index (κ2) is 7.66. The SMILES string of the molecule is COc1ccccc1N1CCN(C(=O)Nc2cc(Cl)ccc2C)CC1. The van der Waals surface area contributed by atoms with Gasteiger partial charge in [0.2, 0.25) is 0 Å². The molecule has 0 spiro atoms. The minimum Gasteiger partial charge on any atom is -0.495 e. The predicted molar refractivity (Wildman–Crippen MR) is 102 cm³/mol. The molecule has 2 aromatic rings. The van der Waals surface area contributed by atoms with Gasteiger partial charge in [0.15, 0.2) is 0 Å². The van der Waals surface area contributed by atoms with Crippen LogP contribution in [0.25, 0.3) is 0 Å². The summed E-state index contributed by atoms with van der Waals surface area (Å²) in [5.41, 5.74) is 2.81. The highest BCUT2D eigenvalue weighted by Crippen LogP contribution is 2.28. The summed E-state index contributed by atoms with van der Waals surface area (Å²) in [4.78, 5) is 16.6. The first-order chi connectivity index (χ1) is 12.1. The summed E-state index contributed by atoms with van der Waals surface area (Å²) in [6, 6.07) is 13.4. The minimum absolute atomic E-state index is 0.0926. The molecule has 3 rings (SSSR count). The molecule has 0 atom stereocenters. The van der Waals surface area contributed by atoms with Gasteiger partial charge in [-0.3, -0.25) is 0 Å². The average molecular weight is 360 g/mol. The largest absolute Gasteiger partial charge is 0.495 e. The summed E-state index contributed by atoms with van der Waals surface area (Å²) in [5, 5.41) is 3.57. The number of para-hydroxylation sites is 2. The number of carbonyl (C=O) groups excluding carboxylic acids is 1. The number of urea groups is 1. The van der Waals surface area contributed by atoms with E-state index in [0.29, 0.717) is 18.1 Å². The van der Waals surface area contributed by atoms with Crippen LogP contribution in [0.15, 0.2) is 42.5 Å². The van der Waals surface area contributed by atoms with Crippen molar-refractivity contribution in [3.8, 4) is 5.75 Å². The standard InChI is InChI=1S/C19H22ClN3O2/c1-14-7-8-15(20)13-16(14)21-19(24)23-11-9-22(10-12-23)17-5-3-4-6-18(17)25-2/h3-8,13H,9-12H2,1-2H3,(H,21,24). The van der Waals surface area contributed by atoms with Crippen LogP contribution in [0.5, 0.6) is 5.75 Å². The van der Waals surface area contributed by atoms with Crippen molar-refractivity contribution in [3.05, 3.63) is 53.1 Å². The summed E-state index contributed by atoms with van der Waals surface area (Å²) >= 11 is 6.02. The molecule has 1 N–H and O–H groups in total. The number of nitrogens with one attached hydrogen (secondary N) is 1. The highest BCUT2D eigenvalue weighted by atomic mass is 35.5. The molecule has 0 saturated carbocycles. The van der Waals surface area contributed by atoms with E-state index in [1.165, 1.54) is 0 Å². The fraction of sp³-hybridized carbons (Fsp3) is 0.316. The Labute approximate surface area is 153 Å². The van der Waals surface area contributed by atoms with Crippen molar-refractivity contribution < 1.29 is 9.53 Å². The monoisotopic (exact) mass is 359 g/mol. The van der Waals surface area contributed by atoms with Crippen molar-refractivity contribution in [1.82, 2.24) is 4.90 Å². The molecule has 1 heterocycles. The first-order valence-corrected chi connectivity index (χ1v) is 8.66. The third kappa shape index (κ3) is 3.99. The average Bonchev–Trinajstić information content (AvgIpc) is 2.64. The van der Waals surface area contributed by atoms with E-state index in [2.05, 4.69) is 10.2 Å². The first-order valence-electron chi connectivity index (χ1n) is 8.28. The number of methoxy groups -OCH3 is 1. The minimum atomic E-state index is -0.0926. The van der Waals surface area contributed by atoms with Crippen LogP contribution in [0.4, 0.5) is 16.2 Å². The molecule has 0 bridgehead atoms. The smallest absolute Gasteiger partial charge is 0.321 e.